The van der Waals surface area contributed by atoms with Gasteiger partial charge in [0.05, 0.1) is 0 Å². The first-order valence-electron chi connectivity index (χ1n) is 7.18. The van der Waals surface area contributed by atoms with Crippen LogP contribution in [0.1, 0.15) is 55.1 Å². The molecule has 1 aromatic heterocycles. The van der Waals surface area contributed by atoms with Gasteiger partial charge in [0.25, 0.3) is 5.91 Å². The Morgan fingerprint density at radius 3 is 2.95 bits per heavy atom. The number of hydrogen-bond acceptors (Lipinski definition) is 3. The Bertz CT molecular complexity index is 416. The molecule has 0 aromatic carbocycles. The molecule has 1 amide bonds. The molecule has 0 aliphatic heterocycles. The minimum Gasteiger partial charge on any atom is -0.348 e. The Labute approximate surface area is 114 Å². The molecule has 2 atom stereocenters. The lowest BCUT2D eigenvalue weighted by molar-refractivity contribution is 0.0914. The topological polar surface area (TPSA) is 68.0 Å². The molecule has 2 unspecified atom stereocenters. The predicted octanol–water partition coefficient (Wildman–Crippen LogP) is 2.24. The van der Waals surface area contributed by atoms with Crippen molar-refractivity contribution in [2.45, 2.75) is 51.6 Å². The number of carbonyl (C=O) groups excluding carboxylic acids is 1. The standard InChI is InChI=1S/C15H23N3O/c1-2-11-4-3-5-13(8-11)18-15(19)14-7-6-12(9-16)10-17-14/h6-7,10-11,13H,2-5,8-9,16H2,1H3,(H,18,19). The van der Waals surface area contributed by atoms with Gasteiger partial charge in [-0.3, -0.25) is 9.78 Å². The van der Waals surface area contributed by atoms with Crippen LogP contribution in [0, 0.1) is 5.92 Å². The smallest absolute Gasteiger partial charge is 0.270 e. The fourth-order valence-corrected chi connectivity index (χ4v) is 2.73. The van der Waals surface area contributed by atoms with Crippen molar-refractivity contribution in [2.24, 2.45) is 11.7 Å². The first-order valence-corrected chi connectivity index (χ1v) is 7.18. The van der Waals surface area contributed by atoms with Gasteiger partial charge in [-0.15, -0.1) is 0 Å². The van der Waals surface area contributed by atoms with E-state index in [1.165, 1.54) is 19.3 Å². The number of hydrogen-bond donors (Lipinski definition) is 2. The summed E-state index contributed by atoms with van der Waals surface area (Å²) in [5, 5.41) is 3.10. The molecule has 4 nitrogen and oxygen atoms in total. The van der Waals surface area contributed by atoms with Crippen molar-refractivity contribution in [3.8, 4) is 0 Å². The molecule has 0 spiro atoms. The largest absolute Gasteiger partial charge is 0.348 e. The number of rotatable bonds is 4. The van der Waals surface area contributed by atoms with Gasteiger partial charge in [0, 0.05) is 18.8 Å². The third-order valence-electron chi connectivity index (χ3n) is 3.99. The summed E-state index contributed by atoms with van der Waals surface area (Å²) in [4.78, 5) is 16.3. The van der Waals surface area contributed by atoms with Crippen molar-refractivity contribution in [1.29, 1.82) is 0 Å². The molecule has 104 valence electrons. The van der Waals surface area contributed by atoms with E-state index in [0.29, 0.717) is 18.3 Å². The second kappa shape index (κ2) is 6.66. The number of nitrogens with two attached hydrogens (primary N) is 1. The van der Waals surface area contributed by atoms with Crippen LogP contribution in [-0.2, 0) is 6.54 Å². The van der Waals surface area contributed by atoms with Crippen molar-refractivity contribution >= 4 is 5.91 Å². The quantitative estimate of drug-likeness (QED) is 0.873. The van der Waals surface area contributed by atoms with Crippen LogP contribution in [0.4, 0.5) is 0 Å². The molecule has 1 aliphatic rings. The maximum Gasteiger partial charge on any atom is 0.270 e. The molecule has 1 heterocycles. The molecular weight excluding hydrogens is 238 g/mol. The number of pyridine rings is 1. The first-order chi connectivity index (χ1) is 9.22. The second-order valence-electron chi connectivity index (χ2n) is 5.37. The van der Waals surface area contributed by atoms with Gasteiger partial charge in [0.1, 0.15) is 5.69 Å². The van der Waals surface area contributed by atoms with E-state index in [0.717, 1.165) is 24.3 Å². The number of nitrogens with one attached hydrogen (secondary N) is 1. The minimum atomic E-state index is -0.0645. The summed E-state index contributed by atoms with van der Waals surface area (Å²) in [6.07, 6.45) is 7.57. The summed E-state index contributed by atoms with van der Waals surface area (Å²) in [5.41, 5.74) is 6.94. The molecule has 1 saturated carbocycles. The fourth-order valence-electron chi connectivity index (χ4n) is 2.73. The summed E-state index contributed by atoms with van der Waals surface area (Å²) >= 11 is 0. The maximum absolute atomic E-state index is 12.1. The van der Waals surface area contributed by atoms with Crippen LogP contribution in [0.15, 0.2) is 18.3 Å². The van der Waals surface area contributed by atoms with E-state index in [4.69, 9.17) is 5.73 Å². The van der Waals surface area contributed by atoms with Gasteiger partial charge in [-0.25, -0.2) is 0 Å². The molecule has 4 heteroatoms. The lowest BCUT2D eigenvalue weighted by Crippen LogP contribution is -2.38. The monoisotopic (exact) mass is 261 g/mol. The van der Waals surface area contributed by atoms with Gasteiger partial charge in [0.2, 0.25) is 0 Å². The molecule has 3 N–H and O–H groups in total. The lowest BCUT2D eigenvalue weighted by Gasteiger charge is -2.28. The average molecular weight is 261 g/mol. The summed E-state index contributed by atoms with van der Waals surface area (Å²) in [6.45, 7) is 2.68. The molecule has 0 radical (unpaired) electrons. The van der Waals surface area contributed by atoms with Crippen LogP contribution in [0.3, 0.4) is 0 Å². The number of amides is 1. The highest BCUT2D eigenvalue weighted by atomic mass is 16.1. The fraction of sp³-hybridized carbons (Fsp3) is 0.600. The second-order valence-corrected chi connectivity index (χ2v) is 5.37. The number of aromatic nitrogens is 1. The normalized spacial score (nSPS) is 23.1. The zero-order chi connectivity index (χ0) is 13.7. The molecule has 2 rings (SSSR count). The zero-order valence-corrected chi connectivity index (χ0v) is 11.6. The summed E-state index contributed by atoms with van der Waals surface area (Å²) in [7, 11) is 0. The van der Waals surface area contributed by atoms with Gasteiger partial charge < -0.3 is 11.1 Å². The van der Waals surface area contributed by atoms with Crippen molar-refractivity contribution < 1.29 is 4.79 Å². The molecule has 1 aliphatic carbocycles. The van der Waals surface area contributed by atoms with Crippen LogP contribution >= 0.6 is 0 Å². The van der Waals surface area contributed by atoms with E-state index < -0.39 is 0 Å². The van der Waals surface area contributed by atoms with Gasteiger partial charge in [-0.1, -0.05) is 32.3 Å². The highest BCUT2D eigenvalue weighted by Crippen LogP contribution is 2.26. The van der Waals surface area contributed by atoms with E-state index in [1.807, 2.05) is 6.07 Å². The Morgan fingerprint density at radius 1 is 1.47 bits per heavy atom. The van der Waals surface area contributed by atoms with Crippen LogP contribution in [0.2, 0.25) is 0 Å². The molecule has 1 fully saturated rings. The molecule has 19 heavy (non-hydrogen) atoms. The molecular formula is C15H23N3O. The Morgan fingerprint density at radius 2 is 2.32 bits per heavy atom. The van der Waals surface area contributed by atoms with Crippen molar-refractivity contribution in [3.05, 3.63) is 29.6 Å². The first kappa shape index (κ1) is 14.0. The van der Waals surface area contributed by atoms with Crippen molar-refractivity contribution in [3.63, 3.8) is 0 Å². The highest BCUT2D eigenvalue weighted by molar-refractivity contribution is 5.92. The van der Waals surface area contributed by atoms with E-state index in [9.17, 15) is 4.79 Å². The lowest BCUT2D eigenvalue weighted by atomic mass is 9.84. The molecule has 1 aromatic rings. The van der Waals surface area contributed by atoms with Crippen LogP contribution in [0.25, 0.3) is 0 Å². The van der Waals surface area contributed by atoms with Crippen LogP contribution in [0.5, 0.6) is 0 Å². The molecule has 0 bridgehead atoms. The Balaban J connectivity index is 1.92. The van der Waals surface area contributed by atoms with E-state index in [1.54, 1.807) is 12.3 Å². The van der Waals surface area contributed by atoms with Crippen LogP contribution < -0.4 is 11.1 Å². The van der Waals surface area contributed by atoms with Crippen molar-refractivity contribution in [2.75, 3.05) is 0 Å². The average Bonchev–Trinajstić information content (AvgIpc) is 2.47. The van der Waals surface area contributed by atoms with Gasteiger partial charge in [0.15, 0.2) is 0 Å². The third-order valence-corrected chi connectivity index (χ3v) is 3.99. The van der Waals surface area contributed by atoms with E-state index in [2.05, 4.69) is 17.2 Å². The van der Waals surface area contributed by atoms with E-state index >= 15 is 0 Å². The minimum absolute atomic E-state index is 0.0645. The summed E-state index contributed by atoms with van der Waals surface area (Å²) in [5.74, 6) is 0.692. The highest BCUT2D eigenvalue weighted by Gasteiger charge is 2.22. The van der Waals surface area contributed by atoms with Gasteiger partial charge in [-0.05, 0) is 30.4 Å². The zero-order valence-electron chi connectivity index (χ0n) is 11.6. The number of carbonyl (C=O) groups is 1. The van der Waals surface area contributed by atoms with Crippen molar-refractivity contribution in [1.82, 2.24) is 10.3 Å². The SMILES string of the molecule is CCC1CCCC(NC(=O)c2ccc(CN)cn2)C1. The number of nitrogens with zero attached hydrogens (tertiary/aromatic N) is 1. The van der Waals surface area contributed by atoms with Gasteiger partial charge in [-0.2, -0.15) is 0 Å². The molecule has 0 saturated heterocycles. The predicted molar refractivity (Wildman–Crippen MR) is 75.6 cm³/mol. The van der Waals surface area contributed by atoms with Gasteiger partial charge >= 0.3 is 0 Å². The summed E-state index contributed by atoms with van der Waals surface area (Å²) in [6, 6.07) is 3.91. The Hall–Kier alpha value is -1.42. The maximum atomic E-state index is 12.1. The van der Waals surface area contributed by atoms with E-state index in [-0.39, 0.29) is 5.91 Å². The van der Waals surface area contributed by atoms with Crippen LogP contribution in [-0.4, -0.2) is 16.9 Å². The summed E-state index contributed by atoms with van der Waals surface area (Å²) < 4.78 is 0. The Kier molecular flexibility index (Phi) is 4.91. The third kappa shape index (κ3) is 3.77.